The Balaban J connectivity index is 2.73. The van der Waals surface area contributed by atoms with Crippen LogP contribution in [0.2, 0.25) is 0 Å². The van der Waals surface area contributed by atoms with Crippen molar-refractivity contribution in [3.63, 3.8) is 0 Å². The van der Waals surface area contributed by atoms with Gasteiger partial charge < -0.3 is 16.4 Å². The molecule has 0 radical (unpaired) electrons. The van der Waals surface area contributed by atoms with Crippen molar-refractivity contribution in [3.8, 4) is 0 Å². The van der Waals surface area contributed by atoms with Crippen LogP contribution >= 0.6 is 23.1 Å². The first-order valence-corrected chi connectivity index (χ1v) is 9.53. The summed E-state index contributed by atoms with van der Waals surface area (Å²) in [6.07, 6.45) is 5.24. The van der Waals surface area contributed by atoms with Gasteiger partial charge >= 0.3 is 0 Å². The van der Waals surface area contributed by atoms with Gasteiger partial charge in [0.1, 0.15) is 9.88 Å². The average molecular weight is 330 g/mol. The highest BCUT2D eigenvalue weighted by Crippen LogP contribution is 2.41. The summed E-state index contributed by atoms with van der Waals surface area (Å²) in [6, 6.07) is 0. The maximum Gasteiger partial charge on any atom is 0.263 e. The Morgan fingerprint density at radius 2 is 2.10 bits per heavy atom. The number of anilines is 2. The van der Waals surface area contributed by atoms with Crippen LogP contribution < -0.4 is 16.4 Å². The van der Waals surface area contributed by atoms with E-state index in [1.807, 2.05) is 13.2 Å². The molecule has 0 atom stereocenters. The van der Waals surface area contributed by atoms with Crippen LogP contribution in [-0.2, 0) is 0 Å². The van der Waals surface area contributed by atoms with Gasteiger partial charge in [0.15, 0.2) is 0 Å². The van der Waals surface area contributed by atoms with E-state index in [2.05, 4.69) is 24.5 Å². The third-order valence-corrected chi connectivity index (χ3v) is 5.21. The smallest absolute Gasteiger partial charge is 0.263 e. The molecule has 1 amide bonds. The van der Waals surface area contributed by atoms with Crippen molar-refractivity contribution in [2.45, 2.75) is 44.9 Å². The van der Waals surface area contributed by atoms with Crippen molar-refractivity contribution in [1.29, 1.82) is 0 Å². The molecule has 1 aromatic rings. The van der Waals surface area contributed by atoms with E-state index in [4.69, 9.17) is 5.73 Å². The molecule has 1 heterocycles. The number of thiophene rings is 1. The van der Waals surface area contributed by atoms with E-state index >= 15 is 0 Å². The van der Waals surface area contributed by atoms with Crippen molar-refractivity contribution in [2.75, 3.05) is 30.4 Å². The number of nitrogen functional groups attached to an aromatic ring is 1. The molecule has 0 aliphatic heterocycles. The number of carbonyl (C=O) groups excluding carboxylic acids is 1. The lowest BCUT2D eigenvalue weighted by Gasteiger charge is -2.07. The van der Waals surface area contributed by atoms with Crippen molar-refractivity contribution in [2.24, 2.45) is 5.92 Å². The SMILES string of the molecule is CCCNC(=O)c1sc(NCCCC(C)C)c(SC)c1N. The Hall–Kier alpha value is -0.880. The minimum atomic E-state index is -0.0649. The number of nitrogens with two attached hydrogens (primary N) is 1. The number of thioether (sulfide) groups is 1. The molecule has 0 aliphatic carbocycles. The number of nitrogens with one attached hydrogen (secondary N) is 2. The second-order valence-corrected chi connectivity index (χ2v) is 7.26. The van der Waals surface area contributed by atoms with Gasteiger partial charge in [-0.05, 0) is 31.4 Å². The zero-order valence-corrected chi connectivity index (χ0v) is 15.0. The van der Waals surface area contributed by atoms with E-state index in [1.54, 1.807) is 11.8 Å². The molecule has 0 saturated carbocycles. The van der Waals surface area contributed by atoms with Crippen LogP contribution in [0.1, 0.15) is 49.7 Å². The Morgan fingerprint density at radius 3 is 2.67 bits per heavy atom. The Morgan fingerprint density at radius 1 is 1.38 bits per heavy atom. The molecule has 1 rings (SSSR count). The van der Waals surface area contributed by atoms with Gasteiger partial charge in [0.25, 0.3) is 5.91 Å². The number of carbonyl (C=O) groups is 1. The van der Waals surface area contributed by atoms with Gasteiger partial charge in [-0.15, -0.1) is 23.1 Å². The molecule has 0 bridgehead atoms. The fourth-order valence-corrected chi connectivity index (χ4v) is 3.92. The molecule has 0 spiro atoms. The van der Waals surface area contributed by atoms with Crippen LogP contribution in [0.15, 0.2) is 4.90 Å². The fourth-order valence-electron chi connectivity index (χ4n) is 1.95. The summed E-state index contributed by atoms with van der Waals surface area (Å²) in [6.45, 7) is 8.09. The van der Waals surface area contributed by atoms with Gasteiger partial charge in [-0.3, -0.25) is 4.79 Å². The first-order chi connectivity index (χ1) is 10.0. The quantitative estimate of drug-likeness (QED) is 0.472. The molecule has 0 fully saturated rings. The molecule has 6 heteroatoms. The molecule has 0 saturated heterocycles. The Bertz CT molecular complexity index is 458. The number of hydrogen-bond donors (Lipinski definition) is 3. The molecule has 4 N–H and O–H groups in total. The summed E-state index contributed by atoms with van der Waals surface area (Å²) in [5.74, 6) is 0.653. The fraction of sp³-hybridized carbons (Fsp3) is 0.667. The van der Waals surface area contributed by atoms with Crippen LogP contribution in [-0.4, -0.2) is 25.3 Å². The van der Waals surface area contributed by atoms with E-state index in [1.165, 1.54) is 17.8 Å². The summed E-state index contributed by atoms with van der Waals surface area (Å²) in [4.78, 5) is 13.7. The van der Waals surface area contributed by atoms with Crippen LogP contribution in [0, 0.1) is 5.92 Å². The normalized spacial score (nSPS) is 10.9. The Kier molecular flexibility index (Phi) is 7.96. The minimum absolute atomic E-state index is 0.0649. The summed E-state index contributed by atoms with van der Waals surface area (Å²) in [5.41, 5.74) is 6.73. The van der Waals surface area contributed by atoms with E-state index in [0.29, 0.717) is 17.1 Å². The van der Waals surface area contributed by atoms with Crippen LogP contribution in [0.3, 0.4) is 0 Å². The van der Waals surface area contributed by atoms with E-state index < -0.39 is 0 Å². The van der Waals surface area contributed by atoms with Crippen molar-refractivity contribution in [3.05, 3.63) is 4.88 Å². The summed E-state index contributed by atoms with van der Waals surface area (Å²) in [5, 5.41) is 7.34. The standard InChI is InChI=1S/C15H27N3OS2/c1-5-8-17-14(19)12-11(16)13(20-4)15(21-12)18-9-6-7-10(2)3/h10,18H,5-9,16H2,1-4H3,(H,17,19). The summed E-state index contributed by atoms with van der Waals surface area (Å²) < 4.78 is 0. The van der Waals surface area contributed by atoms with Crippen LogP contribution in [0.5, 0.6) is 0 Å². The first-order valence-electron chi connectivity index (χ1n) is 7.49. The van der Waals surface area contributed by atoms with E-state index in [0.717, 1.165) is 35.2 Å². The first kappa shape index (κ1) is 18.2. The molecule has 0 unspecified atom stereocenters. The number of amides is 1. The van der Waals surface area contributed by atoms with E-state index in [-0.39, 0.29) is 5.91 Å². The van der Waals surface area contributed by atoms with Gasteiger partial charge in [0.2, 0.25) is 0 Å². The number of rotatable bonds is 9. The molecule has 4 nitrogen and oxygen atoms in total. The van der Waals surface area contributed by atoms with Crippen LogP contribution in [0.4, 0.5) is 10.7 Å². The molecule has 120 valence electrons. The lowest BCUT2D eigenvalue weighted by molar-refractivity contribution is 0.0958. The zero-order chi connectivity index (χ0) is 15.8. The maximum absolute atomic E-state index is 12.1. The lowest BCUT2D eigenvalue weighted by atomic mass is 10.1. The topological polar surface area (TPSA) is 67.2 Å². The number of hydrogen-bond acceptors (Lipinski definition) is 5. The highest BCUT2D eigenvalue weighted by molar-refractivity contribution is 7.99. The Labute approximate surface area is 136 Å². The second-order valence-electron chi connectivity index (χ2n) is 5.43. The van der Waals surface area contributed by atoms with Crippen molar-refractivity contribution < 1.29 is 4.79 Å². The molecule has 21 heavy (non-hydrogen) atoms. The average Bonchev–Trinajstić information content (AvgIpc) is 2.77. The molecule has 0 aromatic carbocycles. The van der Waals surface area contributed by atoms with E-state index in [9.17, 15) is 4.79 Å². The molecular formula is C15H27N3OS2. The predicted octanol–water partition coefficient (Wildman–Crippen LogP) is 4.04. The highest BCUT2D eigenvalue weighted by Gasteiger charge is 2.20. The van der Waals surface area contributed by atoms with Gasteiger partial charge in [-0.25, -0.2) is 0 Å². The minimum Gasteiger partial charge on any atom is -0.396 e. The highest BCUT2D eigenvalue weighted by atomic mass is 32.2. The van der Waals surface area contributed by atoms with Crippen LogP contribution in [0.25, 0.3) is 0 Å². The lowest BCUT2D eigenvalue weighted by Crippen LogP contribution is -2.23. The molecule has 1 aromatic heterocycles. The largest absolute Gasteiger partial charge is 0.396 e. The van der Waals surface area contributed by atoms with Gasteiger partial charge in [-0.1, -0.05) is 20.8 Å². The summed E-state index contributed by atoms with van der Waals surface area (Å²) >= 11 is 3.05. The summed E-state index contributed by atoms with van der Waals surface area (Å²) in [7, 11) is 0. The van der Waals surface area contributed by atoms with Gasteiger partial charge in [0, 0.05) is 13.1 Å². The third kappa shape index (κ3) is 5.43. The van der Waals surface area contributed by atoms with Crippen molar-refractivity contribution in [1.82, 2.24) is 5.32 Å². The zero-order valence-electron chi connectivity index (χ0n) is 13.4. The molecule has 0 aliphatic rings. The maximum atomic E-state index is 12.1. The predicted molar refractivity (Wildman–Crippen MR) is 95.7 cm³/mol. The molecular weight excluding hydrogens is 302 g/mol. The van der Waals surface area contributed by atoms with Crippen molar-refractivity contribution >= 4 is 39.7 Å². The van der Waals surface area contributed by atoms with Gasteiger partial charge in [0.05, 0.1) is 10.6 Å². The second kappa shape index (κ2) is 9.20. The third-order valence-electron chi connectivity index (χ3n) is 3.09. The monoisotopic (exact) mass is 329 g/mol. The van der Waals surface area contributed by atoms with Gasteiger partial charge in [-0.2, -0.15) is 0 Å².